The molecule has 0 aliphatic carbocycles. The lowest BCUT2D eigenvalue weighted by Crippen LogP contribution is -2.09. The molecule has 0 fully saturated rings. The smallest absolute Gasteiger partial charge is 0.208 e. The van der Waals surface area contributed by atoms with Crippen molar-refractivity contribution in [1.29, 1.82) is 0 Å². The lowest BCUT2D eigenvalue weighted by molar-refractivity contribution is 0.475. The fourth-order valence-electron chi connectivity index (χ4n) is 2.49. The van der Waals surface area contributed by atoms with Crippen LogP contribution in [0.2, 0.25) is 0 Å². The Labute approximate surface area is 135 Å². The fourth-order valence-corrected chi connectivity index (χ4v) is 4.08. The van der Waals surface area contributed by atoms with Crippen LogP contribution in [0.25, 0.3) is 10.9 Å². The number of fused-ring (bicyclic) bond motifs is 1. The number of aromatic nitrogens is 1. The molecule has 0 aliphatic heterocycles. The molecule has 0 atom stereocenters. The first-order valence-electron chi connectivity index (χ1n) is 7.33. The lowest BCUT2D eigenvalue weighted by atomic mass is 10.1. The average molecular weight is 327 g/mol. The van der Waals surface area contributed by atoms with Crippen molar-refractivity contribution in [2.75, 3.05) is 0 Å². The largest absolute Gasteiger partial charge is 0.508 e. The number of para-hydroxylation sites is 1. The summed E-state index contributed by atoms with van der Waals surface area (Å²) in [6.07, 6.45) is 0. The van der Waals surface area contributed by atoms with E-state index in [1.807, 2.05) is 38.1 Å². The highest BCUT2D eigenvalue weighted by atomic mass is 32.2. The number of pyridine rings is 1. The van der Waals surface area contributed by atoms with Gasteiger partial charge in [-0.25, -0.2) is 8.42 Å². The third kappa shape index (κ3) is 2.80. The summed E-state index contributed by atoms with van der Waals surface area (Å²) in [5.41, 5.74) is 1.33. The van der Waals surface area contributed by atoms with Gasteiger partial charge in [-0.15, -0.1) is 0 Å². The maximum absolute atomic E-state index is 13.0. The minimum Gasteiger partial charge on any atom is -0.508 e. The first-order valence-corrected chi connectivity index (χ1v) is 8.82. The molecule has 1 heterocycles. The van der Waals surface area contributed by atoms with Crippen LogP contribution >= 0.6 is 0 Å². The summed E-state index contributed by atoms with van der Waals surface area (Å²) in [4.78, 5) is 4.92. The van der Waals surface area contributed by atoms with Gasteiger partial charge in [0.15, 0.2) is 0 Å². The average Bonchev–Trinajstić information content (AvgIpc) is 2.54. The van der Waals surface area contributed by atoms with Gasteiger partial charge in [-0.3, -0.25) is 4.98 Å². The summed E-state index contributed by atoms with van der Waals surface area (Å²) in [5, 5.41) is 10.2. The third-order valence-corrected chi connectivity index (χ3v) is 5.50. The van der Waals surface area contributed by atoms with Crippen molar-refractivity contribution < 1.29 is 13.5 Å². The van der Waals surface area contributed by atoms with Gasteiger partial charge in [-0.2, -0.15) is 0 Å². The second kappa shape index (κ2) is 5.66. The molecule has 1 aromatic heterocycles. The summed E-state index contributed by atoms with van der Waals surface area (Å²) in [5.74, 6) is 0.00571. The highest BCUT2D eigenvalue weighted by Crippen LogP contribution is 2.31. The van der Waals surface area contributed by atoms with Crippen LogP contribution in [0.1, 0.15) is 25.5 Å². The number of nitrogens with zero attached hydrogens (tertiary/aromatic N) is 1. The Balaban J connectivity index is 2.28. The number of hydrogen-bond donors (Lipinski definition) is 1. The molecule has 5 heteroatoms. The molecule has 0 radical (unpaired) electrons. The van der Waals surface area contributed by atoms with Gasteiger partial charge in [-0.1, -0.05) is 32.0 Å². The van der Waals surface area contributed by atoms with E-state index in [1.165, 1.54) is 24.3 Å². The SMILES string of the molecule is CC(C)c1nc2ccccc2cc1S(=O)(=O)c1ccc(O)cc1. The van der Waals surface area contributed by atoms with Crippen LogP contribution in [0, 0.1) is 0 Å². The van der Waals surface area contributed by atoms with Gasteiger partial charge >= 0.3 is 0 Å². The van der Waals surface area contributed by atoms with Crippen molar-refractivity contribution in [2.45, 2.75) is 29.6 Å². The van der Waals surface area contributed by atoms with Crippen LogP contribution in [0.4, 0.5) is 0 Å². The van der Waals surface area contributed by atoms with E-state index >= 15 is 0 Å². The minimum absolute atomic E-state index is 0.0264. The number of phenols is 1. The molecule has 0 spiro atoms. The van der Waals surface area contributed by atoms with E-state index in [4.69, 9.17) is 0 Å². The molecular formula is C18H17NO3S. The Bertz CT molecular complexity index is 961. The number of rotatable bonds is 3. The van der Waals surface area contributed by atoms with Gasteiger partial charge < -0.3 is 5.11 Å². The zero-order chi connectivity index (χ0) is 16.6. The van der Waals surface area contributed by atoms with Gasteiger partial charge in [0, 0.05) is 5.39 Å². The molecule has 0 aliphatic rings. The molecule has 0 unspecified atom stereocenters. The van der Waals surface area contributed by atoms with Gasteiger partial charge in [0.05, 0.1) is 21.0 Å². The molecule has 0 saturated heterocycles. The van der Waals surface area contributed by atoms with Crippen molar-refractivity contribution >= 4 is 20.7 Å². The molecule has 3 rings (SSSR count). The lowest BCUT2D eigenvalue weighted by Gasteiger charge is -2.14. The first-order chi connectivity index (χ1) is 10.9. The predicted octanol–water partition coefficient (Wildman–Crippen LogP) is 3.90. The predicted molar refractivity (Wildman–Crippen MR) is 89.4 cm³/mol. The third-order valence-electron chi connectivity index (χ3n) is 3.70. The summed E-state index contributed by atoms with van der Waals surface area (Å²) < 4.78 is 26.0. The standard InChI is InChI=1S/C18H17NO3S/c1-12(2)18-17(11-13-5-3-4-6-16(13)19-18)23(21,22)15-9-7-14(20)8-10-15/h3-12,20H,1-2H3. The minimum atomic E-state index is -3.70. The van der Waals surface area contributed by atoms with Crippen LogP contribution in [-0.2, 0) is 9.84 Å². The molecule has 4 nitrogen and oxygen atoms in total. The quantitative estimate of drug-likeness (QED) is 0.792. The van der Waals surface area contributed by atoms with E-state index in [0.29, 0.717) is 5.69 Å². The van der Waals surface area contributed by atoms with E-state index in [-0.39, 0.29) is 21.5 Å². The summed E-state index contributed by atoms with van der Waals surface area (Å²) in [7, 11) is -3.70. The number of benzene rings is 2. The van der Waals surface area contributed by atoms with Crippen LogP contribution in [-0.4, -0.2) is 18.5 Å². The fraction of sp³-hybridized carbons (Fsp3) is 0.167. The van der Waals surface area contributed by atoms with Crippen molar-refractivity contribution in [3.05, 3.63) is 60.3 Å². The van der Waals surface area contributed by atoms with E-state index in [2.05, 4.69) is 4.98 Å². The molecule has 0 saturated carbocycles. The molecule has 118 valence electrons. The van der Waals surface area contributed by atoms with Crippen molar-refractivity contribution in [2.24, 2.45) is 0 Å². The van der Waals surface area contributed by atoms with Gasteiger partial charge in [0.1, 0.15) is 5.75 Å². The highest BCUT2D eigenvalue weighted by molar-refractivity contribution is 7.91. The summed E-state index contributed by atoms with van der Waals surface area (Å²) in [6.45, 7) is 3.85. The van der Waals surface area contributed by atoms with Crippen LogP contribution < -0.4 is 0 Å². The first kappa shape index (κ1) is 15.5. The normalized spacial score (nSPS) is 12.0. The summed E-state index contributed by atoms with van der Waals surface area (Å²) >= 11 is 0. The Hall–Kier alpha value is -2.40. The van der Waals surface area contributed by atoms with E-state index in [0.717, 1.165) is 10.9 Å². The monoisotopic (exact) mass is 327 g/mol. The molecule has 0 amide bonds. The Morgan fingerprint density at radius 2 is 1.65 bits per heavy atom. The number of sulfone groups is 1. The van der Waals surface area contributed by atoms with Gasteiger partial charge in [0.25, 0.3) is 0 Å². The topological polar surface area (TPSA) is 67.3 Å². The van der Waals surface area contributed by atoms with Gasteiger partial charge in [0.2, 0.25) is 9.84 Å². The molecule has 3 aromatic rings. The van der Waals surface area contributed by atoms with Crippen LogP contribution in [0.5, 0.6) is 5.75 Å². The molecule has 2 aromatic carbocycles. The number of phenolic OH excluding ortho intramolecular Hbond substituents is 1. The second-order valence-electron chi connectivity index (χ2n) is 5.72. The Morgan fingerprint density at radius 1 is 1.00 bits per heavy atom. The molecular weight excluding hydrogens is 310 g/mol. The summed E-state index contributed by atoms with van der Waals surface area (Å²) in [6, 6.07) is 14.7. The zero-order valence-corrected chi connectivity index (χ0v) is 13.7. The van der Waals surface area contributed by atoms with Crippen molar-refractivity contribution in [3.63, 3.8) is 0 Å². The highest BCUT2D eigenvalue weighted by Gasteiger charge is 2.24. The van der Waals surface area contributed by atoms with Crippen molar-refractivity contribution in [1.82, 2.24) is 4.98 Å². The maximum atomic E-state index is 13.0. The second-order valence-corrected chi connectivity index (χ2v) is 7.63. The zero-order valence-electron chi connectivity index (χ0n) is 12.9. The Morgan fingerprint density at radius 3 is 2.30 bits per heavy atom. The number of hydrogen-bond acceptors (Lipinski definition) is 4. The maximum Gasteiger partial charge on any atom is 0.208 e. The van der Waals surface area contributed by atoms with E-state index in [1.54, 1.807) is 6.07 Å². The van der Waals surface area contributed by atoms with Crippen LogP contribution in [0.3, 0.4) is 0 Å². The Kier molecular flexibility index (Phi) is 3.82. The van der Waals surface area contributed by atoms with Crippen LogP contribution in [0.15, 0.2) is 64.4 Å². The number of aromatic hydroxyl groups is 1. The van der Waals surface area contributed by atoms with E-state index < -0.39 is 9.84 Å². The molecule has 1 N–H and O–H groups in total. The van der Waals surface area contributed by atoms with Gasteiger partial charge in [-0.05, 0) is 42.3 Å². The molecule has 0 bridgehead atoms. The van der Waals surface area contributed by atoms with E-state index in [9.17, 15) is 13.5 Å². The molecule has 23 heavy (non-hydrogen) atoms. The van der Waals surface area contributed by atoms with Crippen molar-refractivity contribution in [3.8, 4) is 5.75 Å².